The van der Waals surface area contributed by atoms with Crippen LogP contribution in [0.4, 0.5) is 45.5 Å². The van der Waals surface area contributed by atoms with E-state index in [9.17, 15) is 0 Å². The van der Waals surface area contributed by atoms with Crippen LogP contribution in [0.2, 0.25) is 0 Å². The molecule has 7 heterocycles. The van der Waals surface area contributed by atoms with Crippen LogP contribution < -0.4 is 83.2 Å². The van der Waals surface area contributed by atoms with Gasteiger partial charge in [-0.25, -0.2) is 0 Å². The predicted octanol–water partition coefficient (Wildman–Crippen LogP) is 16.0. The Labute approximate surface area is 550 Å². The molecule has 94 heavy (non-hydrogen) atoms. The van der Waals surface area contributed by atoms with E-state index < -0.39 is 0 Å². The zero-order valence-corrected chi connectivity index (χ0v) is 55.0. The number of nitrogens with zero attached hydrogens (tertiary/aromatic N) is 2. The topological polar surface area (TPSA) is 55.4 Å². The molecule has 450 valence electrons. The van der Waals surface area contributed by atoms with E-state index in [0.717, 1.165) is 130 Å². The highest BCUT2D eigenvalue weighted by molar-refractivity contribution is 7.03. The number of aryl methyl sites for hydroxylation is 12. The third-order valence-electron chi connectivity index (χ3n) is 21.4. The molecule has 7 aliphatic rings. The number of hydrogen-bond acceptors (Lipinski definition) is 7. The van der Waals surface area contributed by atoms with Gasteiger partial charge in [0.1, 0.15) is 34.5 Å². The lowest BCUT2D eigenvalue weighted by Gasteiger charge is -2.44. The molecule has 0 saturated carbocycles. The molecular formula is C84H66B3N3O4. The minimum Gasteiger partial charge on any atom is -0.458 e. The summed E-state index contributed by atoms with van der Waals surface area (Å²) in [5.74, 6) is 6.65. The van der Waals surface area contributed by atoms with Gasteiger partial charge >= 0.3 is 0 Å². The zero-order valence-electron chi connectivity index (χ0n) is 55.0. The van der Waals surface area contributed by atoms with Gasteiger partial charge in [-0.2, -0.15) is 0 Å². The Morgan fingerprint density at radius 3 is 1.32 bits per heavy atom. The molecule has 7 nitrogen and oxygen atoms in total. The van der Waals surface area contributed by atoms with Gasteiger partial charge in [-0.1, -0.05) is 125 Å². The van der Waals surface area contributed by atoms with Crippen LogP contribution in [0.3, 0.4) is 0 Å². The van der Waals surface area contributed by atoms with Gasteiger partial charge in [0.15, 0.2) is 11.5 Å². The molecule has 12 aromatic rings. The Balaban J connectivity index is 0.877. The van der Waals surface area contributed by atoms with E-state index in [1.807, 2.05) is 0 Å². The summed E-state index contributed by atoms with van der Waals surface area (Å²) in [6.45, 7) is 26.1. The van der Waals surface area contributed by atoms with Crippen molar-refractivity contribution in [1.82, 2.24) is 0 Å². The summed E-state index contributed by atoms with van der Waals surface area (Å²) in [6, 6.07) is 66.1. The van der Waals surface area contributed by atoms with Crippen LogP contribution in [0, 0.1) is 83.1 Å². The summed E-state index contributed by atoms with van der Waals surface area (Å²) in [5, 5.41) is 4.14. The second-order valence-corrected chi connectivity index (χ2v) is 27.9. The van der Waals surface area contributed by atoms with Crippen LogP contribution in [-0.4, -0.2) is 20.1 Å². The Morgan fingerprint density at radius 2 is 0.702 bits per heavy atom. The van der Waals surface area contributed by atoms with Gasteiger partial charge in [0, 0.05) is 46.0 Å². The molecule has 10 heteroatoms. The molecule has 0 saturated heterocycles. The lowest BCUT2D eigenvalue weighted by molar-refractivity contribution is 0.465. The molecule has 12 aromatic carbocycles. The van der Waals surface area contributed by atoms with Crippen molar-refractivity contribution >= 4 is 115 Å². The third-order valence-corrected chi connectivity index (χ3v) is 21.4. The van der Waals surface area contributed by atoms with Crippen LogP contribution >= 0.6 is 0 Å². The van der Waals surface area contributed by atoms with E-state index in [0.29, 0.717) is 0 Å². The molecule has 0 aromatic heterocycles. The Morgan fingerprint density at radius 1 is 0.266 bits per heavy atom. The third kappa shape index (κ3) is 7.71. The van der Waals surface area contributed by atoms with Crippen molar-refractivity contribution in [2.24, 2.45) is 0 Å². The second-order valence-electron chi connectivity index (χ2n) is 27.9. The summed E-state index contributed by atoms with van der Waals surface area (Å²) in [7, 11) is 0. The molecule has 0 unspecified atom stereocenters. The second kappa shape index (κ2) is 19.5. The number of benzene rings is 12. The van der Waals surface area contributed by atoms with Crippen molar-refractivity contribution in [3.8, 4) is 79.4 Å². The summed E-state index contributed by atoms with van der Waals surface area (Å²) in [6.07, 6.45) is 0. The molecule has 7 aliphatic heterocycles. The lowest BCUT2D eigenvalue weighted by Crippen LogP contribution is -2.64. The lowest BCUT2D eigenvalue weighted by atomic mass is 9.29. The fourth-order valence-electron chi connectivity index (χ4n) is 18.4. The van der Waals surface area contributed by atoms with E-state index in [-0.39, 0.29) is 20.1 Å². The van der Waals surface area contributed by atoms with E-state index in [2.05, 4.69) is 274 Å². The van der Waals surface area contributed by atoms with Gasteiger partial charge in [-0.05, 0) is 265 Å². The molecule has 0 amide bonds. The maximum absolute atomic E-state index is 7.69. The Hall–Kier alpha value is -10.6. The van der Waals surface area contributed by atoms with Gasteiger partial charge in [0.25, 0.3) is 20.1 Å². The molecule has 19 rings (SSSR count). The maximum atomic E-state index is 7.69. The normalized spacial score (nSPS) is 13.9. The van der Waals surface area contributed by atoms with E-state index >= 15 is 0 Å². The minimum atomic E-state index is -0.291. The van der Waals surface area contributed by atoms with E-state index in [1.165, 1.54) is 111 Å². The highest BCUT2D eigenvalue weighted by Crippen LogP contribution is 2.54. The van der Waals surface area contributed by atoms with Gasteiger partial charge < -0.3 is 34.1 Å². The average Bonchev–Trinajstić information content (AvgIpc) is 0.695. The van der Waals surface area contributed by atoms with Crippen molar-refractivity contribution in [2.45, 2.75) is 83.1 Å². The molecule has 1 N–H and O–H groups in total. The molecule has 0 atom stereocenters. The summed E-state index contributed by atoms with van der Waals surface area (Å²) in [4.78, 5) is 5.02. The summed E-state index contributed by atoms with van der Waals surface area (Å²) >= 11 is 0. The number of fused-ring (bicyclic) bond motifs is 14. The predicted molar refractivity (Wildman–Crippen MR) is 392 cm³/mol. The van der Waals surface area contributed by atoms with Crippen LogP contribution in [0.25, 0.3) is 33.4 Å². The number of anilines is 8. The first-order valence-electron chi connectivity index (χ1n) is 33.1. The molecule has 0 fully saturated rings. The van der Waals surface area contributed by atoms with Gasteiger partial charge in [-0.15, -0.1) is 0 Å². The van der Waals surface area contributed by atoms with E-state index in [4.69, 9.17) is 18.9 Å². The van der Waals surface area contributed by atoms with Crippen LogP contribution in [0.1, 0.15) is 66.8 Å². The highest BCUT2D eigenvalue weighted by atomic mass is 16.5. The molecule has 0 spiro atoms. The first kappa shape index (κ1) is 55.1. The fourth-order valence-corrected chi connectivity index (χ4v) is 18.4. The molecule has 0 radical (unpaired) electrons. The van der Waals surface area contributed by atoms with Crippen LogP contribution in [-0.2, 0) is 0 Å². The fraction of sp³-hybridized carbons (Fsp3) is 0.143. The van der Waals surface area contributed by atoms with Crippen molar-refractivity contribution in [3.05, 3.63) is 243 Å². The Kier molecular flexibility index (Phi) is 11.4. The SMILES string of the molecule is Cc1cc(C)c(-c2cc3c4c(c2)Oc2cc5c(cc2B4c2cc4c(cc2O3)Nc2cc(-c3c(C)cc(C)cc3C)cc3c2B4c2cccc4c2N3c2ccccc2O4)B2c3ccccc3Oc3cc(-c4c(C)cc(C)cc4C)cc(c32)N5c2c(C)cc(C)cc2C)c(C)c1. The first-order chi connectivity index (χ1) is 45.5. The quantitative estimate of drug-likeness (QED) is 0.176. The number of nitrogens with one attached hydrogen (secondary N) is 1. The molecule has 0 bridgehead atoms. The van der Waals surface area contributed by atoms with Gasteiger partial charge in [0.2, 0.25) is 0 Å². The molecular weight excluding hydrogens is 1150 g/mol. The largest absolute Gasteiger partial charge is 0.458 e. The highest BCUT2D eigenvalue weighted by Gasteiger charge is 2.50. The van der Waals surface area contributed by atoms with Gasteiger partial charge in [-0.3, -0.25) is 0 Å². The zero-order chi connectivity index (χ0) is 63.8. The van der Waals surface area contributed by atoms with Crippen LogP contribution in [0.5, 0.6) is 46.0 Å². The monoisotopic (exact) mass is 1210 g/mol. The minimum absolute atomic E-state index is 0.167. The van der Waals surface area contributed by atoms with Crippen molar-refractivity contribution in [3.63, 3.8) is 0 Å². The number of hydrogen-bond donors (Lipinski definition) is 1. The number of rotatable bonds is 4. The number of ether oxygens (including phenoxy) is 4. The summed E-state index contributed by atoms with van der Waals surface area (Å²) in [5.41, 5.74) is 40.8. The smallest absolute Gasteiger partial charge is 0.260 e. The first-order valence-corrected chi connectivity index (χ1v) is 33.1. The van der Waals surface area contributed by atoms with Crippen molar-refractivity contribution in [1.29, 1.82) is 0 Å². The van der Waals surface area contributed by atoms with Crippen molar-refractivity contribution < 1.29 is 18.9 Å². The average molecular weight is 1210 g/mol. The maximum Gasteiger partial charge on any atom is 0.260 e. The standard InChI is InChI=1S/C84H66B3N3O4/c1-42-24-46(5)77(47(6)25-42)54-32-64-80-67(33-54)89-65-20-14-16-22-70(65)92-71-23-17-19-58(84(71)89)86(80)59-38-61-72(40-63(59)88-64)93-75-36-56(79-50(9)28-44(3)29-51(79)10)37-76-82(75)87(61)62-39-60-66(41-73(62)94-76)90(83-52(11)30-45(4)31-53(83)12)68-34-55(78-48(7)26-43(2)27-49(78)8)35-74-81(68)85(60)57-18-13-15-21-69(57)91-74/h13-41,88H,1-12H3. The van der Waals surface area contributed by atoms with Crippen LogP contribution in [0.15, 0.2) is 176 Å². The van der Waals surface area contributed by atoms with Crippen molar-refractivity contribution in [2.75, 3.05) is 15.1 Å². The van der Waals surface area contributed by atoms with E-state index in [1.54, 1.807) is 0 Å². The summed E-state index contributed by atoms with van der Waals surface area (Å²) < 4.78 is 29.4. The van der Waals surface area contributed by atoms with Gasteiger partial charge in [0.05, 0.1) is 17.1 Å². The Bertz CT molecular complexity index is 5420. The number of para-hydroxylation sites is 4. The molecule has 0 aliphatic carbocycles.